The fourth-order valence-corrected chi connectivity index (χ4v) is 1.87. The Balaban J connectivity index is 2.03. The number of benzene rings is 1. The van der Waals surface area contributed by atoms with Crippen molar-refractivity contribution >= 4 is 17.6 Å². The SMILES string of the molecule is CC(C)C(=O)Nc1cc(C(=O)NCc2ccccc2F)nn1C. The number of rotatable bonds is 5. The minimum Gasteiger partial charge on any atom is -0.346 e. The van der Waals surface area contributed by atoms with E-state index >= 15 is 0 Å². The van der Waals surface area contributed by atoms with Crippen LogP contribution < -0.4 is 10.6 Å². The lowest BCUT2D eigenvalue weighted by atomic mass is 10.2. The summed E-state index contributed by atoms with van der Waals surface area (Å²) in [5, 5.41) is 9.35. The molecule has 1 aromatic carbocycles. The molecule has 0 aliphatic heterocycles. The molecule has 2 amide bonds. The van der Waals surface area contributed by atoms with Gasteiger partial charge in [0.15, 0.2) is 5.69 Å². The number of amides is 2. The van der Waals surface area contributed by atoms with Crippen molar-refractivity contribution in [1.82, 2.24) is 15.1 Å². The van der Waals surface area contributed by atoms with Gasteiger partial charge < -0.3 is 10.6 Å². The van der Waals surface area contributed by atoms with Crippen LogP contribution in [0.25, 0.3) is 0 Å². The molecule has 122 valence electrons. The molecule has 23 heavy (non-hydrogen) atoms. The van der Waals surface area contributed by atoms with Crippen molar-refractivity contribution in [2.24, 2.45) is 13.0 Å². The van der Waals surface area contributed by atoms with E-state index in [0.717, 1.165) is 0 Å². The average Bonchev–Trinajstić information content (AvgIpc) is 2.87. The maximum absolute atomic E-state index is 13.5. The Morgan fingerprint density at radius 3 is 2.65 bits per heavy atom. The summed E-state index contributed by atoms with van der Waals surface area (Å²) >= 11 is 0. The van der Waals surface area contributed by atoms with Crippen LogP contribution in [0.2, 0.25) is 0 Å². The number of carbonyl (C=O) groups is 2. The van der Waals surface area contributed by atoms with Crippen molar-refractivity contribution in [2.45, 2.75) is 20.4 Å². The first-order chi connectivity index (χ1) is 10.9. The van der Waals surface area contributed by atoms with E-state index in [4.69, 9.17) is 0 Å². The molecule has 0 fully saturated rings. The lowest BCUT2D eigenvalue weighted by molar-refractivity contribution is -0.118. The molecule has 0 aliphatic rings. The highest BCUT2D eigenvalue weighted by Gasteiger charge is 2.15. The maximum Gasteiger partial charge on any atom is 0.272 e. The van der Waals surface area contributed by atoms with Crippen molar-refractivity contribution in [3.63, 3.8) is 0 Å². The third-order valence-electron chi connectivity index (χ3n) is 3.29. The zero-order valence-corrected chi connectivity index (χ0v) is 13.3. The van der Waals surface area contributed by atoms with Gasteiger partial charge in [-0.2, -0.15) is 5.10 Å². The molecule has 1 heterocycles. The smallest absolute Gasteiger partial charge is 0.272 e. The van der Waals surface area contributed by atoms with E-state index in [0.29, 0.717) is 11.4 Å². The van der Waals surface area contributed by atoms with E-state index in [2.05, 4.69) is 15.7 Å². The Morgan fingerprint density at radius 1 is 1.30 bits per heavy atom. The number of aryl methyl sites for hydroxylation is 1. The normalized spacial score (nSPS) is 10.7. The molecule has 1 aromatic heterocycles. The van der Waals surface area contributed by atoms with E-state index in [1.54, 1.807) is 39.1 Å². The molecule has 2 rings (SSSR count). The van der Waals surface area contributed by atoms with Crippen LogP contribution >= 0.6 is 0 Å². The number of halogens is 1. The molecule has 6 nitrogen and oxygen atoms in total. The first-order valence-electron chi connectivity index (χ1n) is 7.25. The van der Waals surface area contributed by atoms with Gasteiger partial charge >= 0.3 is 0 Å². The van der Waals surface area contributed by atoms with Crippen LogP contribution in [0.1, 0.15) is 29.9 Å². The summed E-state index contributed by atoms with van der Waals surface area (Å²) in [6.07, 6.45) is 0. The van der Waals surface area contributed by atoms with E-state index < -0.39 is 5.91 Å². The monoisotopic (exact) mass is 318 g/mol. The molecular weight excluding hydrogens is 299 g/mol. The number of nitrogens with one attached hydrogen (secondary N) is 2. The first kappa shape index (κ1) is 16.7. The highest BCUT2D eigenvalue weighted by molar-refractivity contribution is 5.95. The second-order valence-corrected chi connectivity index (χ2v) is 5.46. The van der Waals surface area contributed by atoms with E-state index in [9.17, 15) is 14.0 Å². The molecule has 0 atom stereocenters. The number of anilines is 1. The molecule has 0 radical (unpaired) electrons. The summed E-state index contributed by atoms with van der Waals surface area (Å²) in [6, 6.07) is 7.70. The van der Waals surface area contributed by atoms with Gasteiger partial charge in [-0.15, -0.1) is 0 Å². The predicted molar refractivity (Wildman–Crippen MR) is 84.2 cm³/mol. The van der Waals surface area contributed by atoms with Gasteiger partial charge in [0.1, 0.15) is 11.6 Å². The number of hydrogen-bond acceptors (Lipinski definition) is 3. The first-order valence-corrected chi connectivity index (χ1v) is 7.25. The second kappa shape index (κ2) is 7.04. The summed E-state index contributed by atoms with van der Waals surface area (Å²) in [7, 11) is 1.63. The molecule has 0 saturated heterocycles. The molecular formula is C16H19FN4O2. The van der Waals surface area contributed by atoms with Crippen molar-refractivity contribution in [2.75, 3.05) is 5.32 Å². The van der Waals surface area contributed by atoms with Gasteiger partial charge in [0, 0.05) is 31.1 Å². The molecule has 0 aliphatic carbocycles. The van der Waals surface area contributed by atoms with Gasteiger partial charge in [-0.1, -0.05) is 32.0 Å². The van der Waals surface area contributed by atoms with Gasteiger partial charge in [-0.05, 0) is 6.07 Å². The summed E-state index contributed by atoms with van der Waals surface area (Å²) < 4.78 is 14.9. The zero-order valence-electron chi connectivity index (χ0n) is 13.3. The maximum atomic E-state index is 13.5. The largest absolute Gasteiger partial charge is 0.346 e. The van der Waals surface area contributed by atoms with Gasteiger partial charge in [0.25, 0.3) is 5.91 Å². The van der Waals surface area contributed by atoms with Crippen molar-refractivity contribution in [3.05, 3.63) is 47.4 Å². The van der Waals surface area contributed by atoms with Crippen LogP contribution in [-0.2, 0) is 18.4 Å². The minimum atomic E-state index is -0.436. The Morgan fingerprint density at radius 2 is 2.00 bits per heavy atom. The van der Waals surface area contributed by atoms with Gasteiger partial charge in [0.05, 0.1) is 0 Å². The Bertz CT molecular complexity index is 725. The van der Waals surface area contributed by atoms with E-state index in [-0.39, 0.29) is 29.9 Å². The zero-order chi connectivity index (χ0) is 17.0. The summed E-state index contributed by atoms with van der Waals surface area (Å²) in [4.78, 5) is 23.8. The Kier molecular flexibility index (Phi) is 5.10. The summed E-state index contributed by atoms with van der Waals surface area (Å²) in [5.74, 6) is -0.720. The molecule has 2 N–H and O–H groups in total. The van der Waals surface area contributed by atoms with Gasteiger partial charge in [0.2, 0.25) is 5.91 Å². The number of hydrogen-bond donors (Lipinski definition) is 2. The number of nitrogens with zero attached hydrogens (tertiary/aromatic N) is 2. The highest BCUT2D eigenvalue weighted by Crippen LogP contribution is 2.11. The third-order valence-corrected chi connectivity index (χ3v) is 3.29. The fourth-order valence-electron chi connectivity index (χ4n) is 1.87. The van der Waals surface area contributed by atoms with Crippen LogP contribution in [0.3, 0.4) is 0 Å². The fraction of sp³-hybridized carbons (Fsp3) is 0.312. The average molecular weight is 318 g/mol. The lowest BCUT2D eigenvalue weighted by Gasteiger charge is -2.06. The molecule has 0 spiro atoms. The lowest BCUT2D eigenvalue weighted by Crippen LogP contribution is -2.23. The Hall–Kier alpha value is -2.70. The predicted octanol–water partition coefficient (Wildman–Crippen LogP) is 2.08. The number of carbonyl (C=O) groups excluding carboxylic acids is 2. The van der Waals surface area contributed by atoms with Crippen LogP contribution in [0, 0.1) is 11.7 Å². The Labute approximate surface area is 133 Å². The van der Waals surface area contributed by atoms with Crippen LogP contribution in [-0.4, -0.2) is 21.6 Å². The third kappa shape index (κ3) is 4.15. The van der Waals surface area contributed by atoms with Crippen LogP contribution in [0.5, 0.6) is 0 Å². The van der Waals surface area contributed by atoms with Crippen molar-refractivity contribution in [1.29, 1.82) is 0 Å². The quantitative estimate of drug-likeness (QED) is 0.886. The summed E-state index contributed by atoms with van der Waals surface area (Å²) in [6.45, 7) is 3.61. The van der Waals surface area contributed by atoms with Gasteiger partial charge in [-0.25, -0.2) is 4.39 Å². The number of aromatic nitrogens is 2. The molecule has 2 aromatic rings. The van der Waals surface area contributed by atoms with Crippen molar-refractivity contribution in [3.8, 4) is 0 Å². The van der Waals surface area contributed by atoms with Crippen LogP contribution in [0.15, 0.2) is 30.3 Å². The highest BCUT2D eigenvalue weighted by atomic mass is 19.1. The van der Waals surface area contributed by atoms with Gasteiger partial charge in [-0.3, -0.25) is 14.3 Å². The topological polar surface area (TPSA) is 76.0 Å². The van der Waals surface area contributed by atoms with E-state index in [1.165, 1.54) is 16.8 Å². The molecule has 0 saturated carbocycles. The summed E-state index contributed by atoms with van der Waals surface area (Å²) in [5.41, 5.74) is 0.549. The standard InChI is InChI=1S/C16H19FN4O2/c1-10(2)15(22)19-14-8-13(20-21(14)3)16(23)18-9-11-6-4-5-7-12(11)17/h4-8,10H,9H2,1-3H3,(H,18,23)(H,19,22). The molecule has 7 heteroatoms. The molecule has 0 bridgehead atoms. The van der Waals surface area contributed by atoms with E-state index in [1.807, 2.05) is 0 Å². The minimum absolute atomic E-state index is 0.0652. The van der Waals surface area contributed by atoms with Crippen LogP contribution in [0.4, 0.5) is 10.2 Å². The van der Waals surface area contributed by atoms with Crippen molar-refractivity contribution < 1.29 is 14.0 Å². The second-order valence-electron chi connectivity index (χ2n) is 5.46. The molecule has 0 unspecified atom stereocenters.